The maximum atomic E-state index is 11.3. The molecule has 1 aliphatic rings. The fourth-order valence-electron chi connectivity index (χ4n) is 1.11. The third-order valence-corrected chi connectivity index (χ3v) is 3.44. The van der Waals surface area contributed by atoms with E-state index in [9.17, 15) is 4.21 Å². The molecule has 1 aliphatic carbocycles. The number of hydrogen-bond acceptors (Lipinski definition) is 3. The molecule has 0 aromatic rings. The summed E-state index contributed by atoms with van der Waals surface area (Å²) in [5.41, 5.74) is 0. The fraction of sp³-hybridized carbons (Fsp3) is 1.00. The van der Waals surface area contributed by atoms with Crippen LogP contribution in [0.5, 0.6) is 0 Å². The molecule has 0 spiro atoms. The van der Waals surface area contributed by atoms with Crippen LogP contribution in [0.15, 0.2) is 0 Å². The first-order valence-corrected chi connectivity index (χ1v) is 6.39. The molecule has 1 unspecified atom stereocenters. The van der Waals surface area contributed by atoms with Crippen molar-refractivity contribution in [3.8, 4) is 0 Å². The van der Waals surface area contributed by atoms with Crippen molar-refractivity contribution in [3.63, 3.8) is 0 Å². The molecule has 0 aliphatic heterocycles. The Balaban J connectivity index is 1.82. The highest BCUT2D eigenvalue weighted by Gasteiger charge is 2.19. The van der Waals surface area contributed by atoms with E-state index in [0.29, 0.717) is 12.4 Å². The maximum absolute atomic E-state index is 11.3. The van der Waals surface area contributed by atoms with Crippen molar-refractivity contribution < 1.29 is 8.95 Å². The summed E-state index contributed by atoms with van der Waals surface area (Å²) in [5, 5.41) is 3.40. The number of rotatable bonds is 8. The van der Waals surface area contributed by atoms with Crippen molar-refractivity contribution in [1.82, 2.24) is 5.32 Å². The lowest BCUT2D eigenvalue weighted by atomic mass is 10.5. The Bertz CT molecular complexity index is 160. The van der Waals surface area contributed by atoms with Gasteiger partial charge in [-0.15, -0.1) is 0 Å². The summed E-state index contributed by atoms with van der Waals surface area (Å²) in [4.78, 5) is 0. The van der Waals surface area contributed by atoms with E-state index < -0.39 is 10.8 Å². The van der Waals surface area contributed by atoms with Gasteiger partial charge in [-0.05, 0) is 25.8 Å². The van der Waals surface area contributed by atoms with E-state index in [0.717, 1.165) is 24.8 Å². The molecular formula is C9H19NO2S. The number of nitrogens with one attached hydrogen (secondary N) is 1. The first kappa shape index (κ1) is 11.1. The van der Waals surface area contributed by atoms with Crippen LogP contribution in [0.25, 0.3) is 0 Å². The first-order chi connectivity index (χ1) is 6.33. The molecule has 1 N–H and O–H groups in total. The van der Waals surface area contributed by atoms with Gasteiger partial charge in [-0.3, -0.25) is 4.21 Å². The zero-order chi connectivity index (χ0) is 9.52. The molecule has 1 fully saturated rings. The Labute approximate surface area is 82.7 Å². The lowest BCUT2D eigenvalue weighted by Gasteiger charge is -2.02. The van der Waals surface area contributed by atoms with Crippen LogP contribution in [0, 0.1) is 0 Å². The summed E-state index contributed by atoms with van der Waals surface area (Å²) in [6, 6.07) is 0.771. The highest BCUT2D eigenvalue weighted by atomic mass is 32.2. The molecule has 0 radical (unpaired) electrons. The van der Waals surface area contributed by atoms with Crippen LogP contribution < -0.4 is 5.32 Å². The molecule has 0 aromatic heterocycles. The Morgan fingerprint density at radius 1 is 1.46 bits per heavy atom. The van der Waals surface area contributed by atoms with Crippen molar-refractivity contribution in [1.29, 1.82) is 0 Å². The van der Waals surface area contributed by atoms with E-state index in [1.54, 1.807) is 7.11 Å². The Hall–Kier alpha value is 0.0700. The van der Waals surface area contributed by atoms with Crippen LogP contribution in [0.2, 0.25) is 0 Å². The Kier molecular flexibility index (Phi) is 5.58. The molecule has 78 valence electrons. The number of hydrogen-bond donors (Lipinski definition) is 1. The molecule has 0 bridgehead atoms. The summed E-state index contributed by atoms with van der Waals surface area (Å²) in [5.74, 6) is 1.49. The molecule has 3 nitrogen and oxygen atoms in total. The van der Waals surface area contributed by atoms with E-state index in [4.69, 9.17) is 4.74 Å². The predicted molar refractivity (Wildman–Crippen MR) is 55.4 cm³/mol. The molecule has 0 amide bonds. The highest BCUT2D eigenvalue weighted by Crippen LogP contribution is 2.18. The van der Waals surface area contributed by atoms with Gasteiger partial charge in [0.05, 0.1) is 6.61 Å². The van der Waals surface area contributed by atoms with Gasteiger partial charge in [-0.25, -0.2) is 0 Å². The fourth-order valence-corrected chi connectivity index (χ4v) is 2.13. The van der Waals surface area contributed by atoms with E-state index in [1.807, 2.05) is 0 Å². The monoisotopic (exact) mass is 205 g/mol. The average Bonchev–Trinajstić information content (AvgIpc) is 2.92. The minimum absolute atomic E-state index is 0.614. The summed E-state index contributed by atoms with van der Waals surface area (Å²) >= 11 is 0. The minimum atomic E-state index is -0.679. The number of methoxy groups -OCH3 is 1. The Morgan fingerprint density at radius 2 is 2.23 bits per heavy atom. The van der Waals surface area contributed by atoms with Crippen LogP contribution in [0.3, 0.4) is 0 Å². The second kappa shape index (κ2) is 6.51. The van der Waals surface area contributed by atoms with Gasteiger partial charge >= 0.3 is 0 Å². The van der Waals surface area contributed by atoms with Crippen molar-refractivity contribution in [2.75, 3.05) is 31.8 Å². The van der Waals surface area contributed by atoms with E-state index in [-0.39, 0.29) is 0 Å². The van der Waals surface area contributed by atoms with E-state index in [2.05, 4.69) is 5.32 Å². The zero-order valence-electron chi connectivity index (χ0n) is 8.25. The van der Waals surface area contributed by atoms with Gasteiger partial charge in [-0.1, -0.05) is 0 Å². The van der Waals surface area contributed by atoms with Crippen molar-refractivity contribution in [2.24, 2.45) is 0 Å². The SMILES string of the molecule is COCCS(=O)CCCNC1CC1. The molecular weight excluding hydrogens is 186 g/mol. The lowest BCUT2D eigenvalue weighted by molar-refractivity contribution is 0.218. The molecule has 0 heterocycles. The lowest BCUT2D eigenvalue weighted by Crippen LogP contribution is -2.20. The van der Waals surface area contributed by atoms with Crippen LogP contribution in [0.4, 0.5) is 0 Å². The van der Waals surface area contributed by atoms with Crippen LogP contribution >= 0.6 is 0 Å². The van der Waals surface area contributed by atoms with E-state index >= 15 is 0 Å². The minimum Gasteiger partial charge on any atom is -0.384 e. The normalized spacial score (nSPS) is 18.8. The van der Waals surface area contributed by atoms with Gasteiger partial charge in [0.1, 0.15) is 0 Å². The molecule has 0 saturated heterocycles. The summed E-state index contributed by atoms with van der Waals surface area (Å²) in [7, 11) is 0.965. The maximum Gasteiger partial charge on any atom is 0.0577 e. The smallest absolute Gasteiger partial charge is 0.0577 e. The van der Waals surface area contributed by atoms with Crippen LogP contribution in [-0.4, -0.2) is 42.0 Å². The molecule has 0 aromatic carbocycles. The van der Waals surface area contributed by atoms with Crippen molar-refractivity contribution in [2.45, 2.75) is 25.3 Å². The van der Waals surface area contributed by atoms with Gasteiger partial charge in [0.25, 0.3) is 0 Å². The summed E-state index contributed by atoms with van der Waals surface area (Å²) in [6.07, 6.45) is 3.67. The molecule has 1 atom stereocenters. The Morgan fingerprint density at radius 3 is 2.85 bits per heavy atom. The van der Waals surface area contributed by atoms with Gasteiger partial charge in [0, 0.05) is 35.5 Å². The van der Waals surface area contributed by atoms with Crippen molar-refractivity contribution >= 4 is 10.8 Å². The van der Waals surface area contributed by atoms with Crippen LogP contribution in [-0.2, 0) is 15.5 Å². The molecule has 1 saturated carbocycles. The van der Waals surface area contributed by atoms with E-state index in [1.165, 1.54) is 12.8 Å². The van der Waals surface area contributed by atoms with Gasteiger partial charge in [0.15, 0.2) is 0 Å². The molecule has 13 heavy (non-hydrogen) atoms. The van der Waals surface area contributed by atoms with Crippen LogP contribution in [0.1, 0.15) is 19.3 Å². The van der Waals surface area contributed by atoms with Gasteiger partial charge < -0.3 is 10.1 Å². The second-order valence-corrected chi connectivity index (χ2v) is 5.12. The third kappa shape index (κ3) is 6.18. The topological polar surface area (TPSA) is 38.3 Å². The summed E-state index contributed by atoms with van der Waals surface area (Å²) < 4.78 is 16.1. The second-order valence-electron chi connectivity index (χ2n) is 3.42. The average molecular weight is 205 g/mol. The van der Waals surface area contributed by atoms with Gasteiger partial charge in [0.2, 0.25) is 0 Å². The predicted octanol–water partition coefficient (Wildman–Crippen LogP) is 0.524. The molecule has 4 heteroatoms. The zero-order valence-corrected chi connectivity index (χ0v) is 9.07. The highest BCUT2D eigenvalue weighted by molar-refractivity contribution is 7.84. The quantitative estimate of drug-likeness (QED) is 0.587. The largest absolute Gasteiger partial charge is 0.384 e. The molecule has 1 rings (SSSR count). The van der Waals surface area contributed by atoms with Gasteiger partial charge in [-0.2, -0.15) is 0 Å². The summed E-state index contributed by atoms with van der Waals surface area (Å²) in [6.45, 7) is 1.63. The number of ether oxygens (including phenoxy) is 1. The van der Waals surface area contributed by atoms with Crippen molar-refractivity contribution in [3.05, 3.63) is 0 Å². The standard InChI is InChI=1S/C9H19NO2S/c1-12-6-8-13(11)7-2-5-10-9-3-4-9/h9-10H,2-8H2,1H3. The first-order valence-electron chi connectivity index (χ1n) is 4.90. The third-order valence-electron chi connectivity index (χ3n) is 2.07.